The van der Waals surface area contributed by atoms with Gasteiger partial charge in [-0.1, -0.05) is 41.4 Å². The number of anilines is 1. The summed E-state index contributed by atoms with van der Waals surface area (Å²) in [7, 11) is 0. The minimum atomic E-state index is -0.542. The Morgan fingerprint density at radius 3 is 2.58 bits per heavy atom. The zero-order valence-corrected chi connectivity index (χ0v) is 17.5. The minimum absolute atomic E-state index is 0.0635. The van der Waals surface area contributed by atoms with E-state index in [-0.39, 0.29) is 23.1 Å². The molecular weight excluding hydrogens is 444 g/mol. The number of para-hydroxylation sites is 1. The lowest BCUT2D eigenvalue weighted by atomic mass is 10.2. The first-order valence-electron chi connectivity index (χ1n) is 8.98. The summed E-state index contributed by atoms with van der Waals surface area (Å²) in [5, 5.41) is 6.98. The molecule has 0 aliphatic carbocycles. The van der Waals surface area contributed by atoms with Crippen molar-refractivity contribution in [3.63, 3.8) is 0 Å². The second-order valence-corrected chi connectivity index (χ2v) is 7.06. The van der Waals surface area contributed by atoms with Gasteiger partial charge in [-0.25, -0.2) is 9.82 Å². The molecule has 0 aliphatic heterocycles. The molecule has 158 valence electrons. The minimum Gasteiger partial charge on any atom is -0.482 e. The molecule has 0 radical (unpaired) electrons. The van der Waals surface area contributed by atoms with Gasteiger partial charge in [0.1, 0.15) is 11.6 Å². The van der Waals surface area contributed by atoms with Crippen molar-refractivity contribution in [2.24, 2.45) is 5.10 Å². The number of nitrogens with zero attached hydrogens (tertiary/aromatic N) is 1. The Morgan fingerprint density at radius 1 is 1.03 bits per heavy atom. The van der Waals surface area contributed by atoms with Crippen molar-refractivity contribution >= 4 is 46.9 Å². The van der Waals surface area contributed by atoms with Gasteiger partial charge in [-0.05, 0) is 54.1 Å². The molecule has 6 nitrogen and oxygen atoms in total. The Hall–Kier alpha value is -3.42. The molecule has 3 aromatic carbocycles. The standard InChI is InChI=1S/C22H16Cl2FN3O3/c23-16-5-3-4-15(11-16)22(30)28-26-12-14-8-9-20(17(24)10-14)31-13-21(29)27-19-7-2-1-6-18(19)25/h1-12H,13H2,(H,27,29)(H,28,30). The van der Waals surface area contributed by atoms with Crippen LogP contribution in [0.4, 0.5) is 10.1 Å². The fraction of sp³-hybridized carbons (Fsp3) is 0.0455. The predicted octanol–water partition coefficient (Wildman–Crippen LogP) is 4.91. The van der Waals surface area contributed by atoms with Gasteiger partial charge in [-0.2, -0.15) is 5.10 Å². The smallest absolute Gasteiger partial charge is 0.271 e. The van der Waals surface area contributed by atoms with Crippen molar-refractivity contribution in [1.29, 1.82) is 0 Å². The highest BCUT2D eigenvalue weighted by atomic mass is 35.5. The molecule has 2 amide bonds. The number of halogens is 3. The van der Waals surface area contributed by atoms with E-state index in [1.54, 1.807) is 42.5 Å². The van der Waals surface area contributed by atoms with Gasteiger partial charge in [0.05, 0.1) is 16.9 Å². The van der Waals surface area contributed by atoms with Gasteiger partial charge in [0.2, 0.25) is 0 Å². The van der Waals surface area contributed by atoms with Crippen molar-refractivity contribution in [3.05, 3.63) is 93.7 Å². The molecule has 0 saturated heterocycles. The summed E-state index contributed by atoms with van der Waals surface area (Å²) in [5.74, 6) is -1.22. The molecule has 0 aromatic heterocycles. The van der Waals surface area contributed by atoms with E-state index in [4.69, 9.17) is 27.9 Å². The third-order valence-corrected chi connectivity index (χ3v) is 4.46. The maximum Gasteiger partial charge on any atom is 0.271 e. The summed E-state index contributed by atoms with van der Waals surface area (Å²) in [5.41, 5.74) is 3.43. The lowest BCUT2D eigenvalue weighted by Gasteiger charge is -2.09. The first-order chi connectivity index (χ1) is 14.9. The summed E-state index contributed by atoms with van der Waals surface area (Å²) in [6.07, 6.45) is 1.41. The van der Waals surface area contributed by atoms with Gasteiger partial charge in [0, 0.05) is 10.6 Å². The van der Waals surface area contributed by atoms with Crippen molar-refractivity contribution in [2.45, 2.75) is 0 Å². The Labute approximate surface area is 187 Å². The number of carbonyl (C=O) groups is 2. The monoisotopic (exact) mass is 459 g/mol. The molecule has 3 aromatic rings. The summed E-state index contributed by atoms with van der Waals surface area (Å²) < 4.78 is 19.0. The average molecular weight is 460 g/mol. The quantitative estimate of drug-likeness (QED) is 0.388. The van der Waals surface area contributed by atoms with Crippen LogP contribution < -0.4 is 15.5 Å². The zero-order valence-electron chi connectivity index (χ0n) is 15.9. The lowest BCUT2D eigenvalue weighted by molar-refractivity contribution is -0.118. The van der Waals surface area contributed by atoms with Gasteiger partial charge in [0.15, 0.2) is 6.61 Å². The summed E-state index contributed by atoms with van der Waals surface area (Å²) in [6, 6.07) is 17.0. The van der Waals surface area contributed by atoms with Crippen molar-refractivity contribution in [2.75, 3.05) is 11.9 Å². The largest absolute Gasteiger partial charge is 0.482 e. The van der Waals surface area contributed by atoms with Gasteiger partial charge in [-0.15, -0.1) is 0 Å². The number of carbonyl (C=O) groups excluding carboxylic acids is 2. The maximum absolute atomic E-state index is 13.6. The van der Waals surface area contributed by atoms with Crippen LogP contribution in [0.5, 0.6) is 5.75 Å². The number of hydrogen-bond donors (Lipinski definition) is 2. The topological polar surface area (TPSA) is 79.8 Å². The Balaban J connectivity index is 1.53. The van der Waals surface area contributed by atoms with Crippen LogP contribution >= 0.6 is 23.2 Å². The zero-order chi connectivity index (χ0) is 22.2. The van der Waals surface area contributed by atoms with Crippen LogP contribution in [0.2, 0.25) is 10.0 Å². The second-order valence-electron chi connectivity index (χ2n) is 6.22. The van der Waals surface area contributed by atoms with E-state index >= 15 is 0 Å². The molecule has 31 heavy (non-hydrogen) atoms. The SMILES string of the molecule is O=C(COc1ccc(C=NNC(=O)c2cccc(Cl)c2)cc1Cl)Nc1ccccc1F. The average Bonchev–Trinajstić information content (AvgIpc) is 2.74. The summed E-state index contributed by atoms with van der Waals surface area (Å²) in [6.45, 7) is -0.350. The van der Waals surface area contributed by atoms with Gasteiger partial charge >= 0.3 is 0 Å². The van der Waals surface area contributed by atoms with E-state index in [2.05, 4.69) is 15.8 Å². The fourth-order valence-electron chi connectivity index (χ4n) is 2.47. The number of hydrogen-bond acceptors (Lipinski definition) is 4. The number of amides is 2. The van der Waals surface area contributed by atoms with E-state index in [1.807, 2.05) is 0 Å². The summed E-state index contributed by atoms with van der Waals surface area (Å²) in [4.78, 5) is 24.0. The molecule has 0 spiro atoms. The molecular formula is C22H16Cl2FN3O3. The molecule has 0 atom stereocenters. The molecule has 0 bridgehead atoms. The molecule has 3 rings (SSSR count). The van der Waals surface area contributed by atoms with E-state index in [1.165, 1.54) is 30.5 Å². The van der Waals surface area contributed by atoms with E-state index in [0.717, 1.165) is 0 Å². The lowest BCUT2D eigenvalue weighted by Crippen LogP contribution is -2.20. The van der Waals surface area contributed by atoms with Gasteiger partial charge in [0.25, 0.3) is 11.8 Å². The van der Waals surface area contributed by atoms with Gasteiger partial charge < -0.3 is 10.1 Å². The van der Waals surface area contributed by atoms with Crippen LogP contribution in [0.1, 0.15) is 15.9 Å². The highest BCUT2D eigenvalue weighted by Crippen LogP contribution is 2.25. The molecule has 0 unspecified atom stereocenters. The number of hydrazone groups is 1. The number of nitrogens with one attached hydrogen (secondary N) is 2. The van der Waals surface area contributed by atoms with Crippen LogP contribution in [0.25, 0.3) is 0 Å². The highest BCUT2D eigenvalue weighted by molar-refractivity contribution is 6.32. The van der Waals surface area contributed by atoms with Crippen molar-refractivity contribution in [3.8, 4) is 5.75 Å². The molecule has 0 heterocycles. The van der Waals surface area contributed by atoms with Crippen molar-refractivity contribution < 1.29 is 18.7 Å². The highest BCUT2D eigenvalue weighted by Gasteiger charge is 2.09. The normalized spacial score (nSPS) is 10.7. The van der Waals surface area contributed by atoms with Crippen LogP contribution in [-0.4, -0.2) is 24.6 Å². The molecule has 0 saturated carbocycles. The number of ether oxygens (including phenoxy) is 1. The number of benzene rings is 3. The first-order valence-corrected chi connectivity index (χ1v) is 9.73. The Kier molecular flexibility index (Phi) is 7.59. The third kappa shape index (κ3) is 6.53. The Bertz CT molecular complexity index is 1140. The maximum atomic E-state index is 13.6. The first kappa shape index (κ1) is 22.3. The second kappa shape index (κ2) is 10.6. The molecule has 2 N–H and O–H groups in total. The van der Waals surface area contributed by atoms with Crippen LogP contribution in [0, 0.1) is 5.82 Å². The van der Waals surface area contributed by atoms with Crippen LogP contribution in [-0.2, 0) is 4.79 Å². The number of rotatable bonds is 7. The van der Waals surface area contributed by atoms with Crippen LogP contribution in [0.3, 0.4) is 0 Å². The van der Waals surface area contributed by atoms with Crippen molar-refractivity contribution in [1.82, 2.24) is 5.43 Å². The van der Waals surface area contributed by atoms with E-state index in [9.17, 15) is 14.0 Å². The summed E-state index contributed by atoms with van der Waals surface area (Å²) >= 11 is 12.0. The van der Waals surface area contributed by atoms with E-state index in [0.29, 0.717) is 16.1 Å². The molecule has 0 fully saturated rings. The molecule has 0 aliphatic rings. The molecule has 9 heteroatoms. The fourth-order valence-corrected chi connectivity index (χ4v) is 2.90. The predicted molar refractivity (Wildman–Crippen MR) is 118 cm³/mol. The Morgan fingerprint density at radius 2 is 1.84 bits per heavy atom. The van der Waals surface area contributed by atoms with Gasteiger partial charge in [-0.3, -0.25) is 9.59 Å². The third-order valence-electron chi connectivity index (χ3n) is 3.93. The van der Waals surface area contributed by atoms with E-state index < -0.39 is 17.6 Å². The van der Waals surface area contributed by atoms with Crippen LogP contribution in [0.15, 0.2) is 71.8 Å².